The molecule has 0 saturated heterocycles. The molecule has 2 aliphatic rings. The van der Waals surface area contributed by atoms with Gasteiger partial charge in [0.25, 0.3) is 5.91 Å². The van der Waals surface area contributed by atoms with Crippen LogP contribution < -0.4 is 10.5 Å². The first kappa shape index (κ1) is 13.3. The molecule has 108 valence electrons. The van der Waals surface area contributed by atoms with Crippen molar-refractivity contribution >= 4 is 11.6 Å². The summed E-state index contributed by atoms with van der Waals surface area (Å²) in [4.78, 5) is 14.7. The number of methoxy groups -OCH3 is 1. The molecule has 2 saturated carbocycles. The normalized spacial score (nSPS) is 17.9. The number of anilines is 1. The van der Waals surface area contributed by atoms with Crippen LogP contribution in [-0.4, -0.2) is 31.0 Å². The molecule has 0 spiro atoms. The minimum absolute atomic E-state index is 0.0731. The molecule has 4 nitrogen and oxygen atoms in total. The predicted molar refractivity (Wildman–Crippen MR) is 78.8 cm³/mol. The van der Waals surface area contributed by atoms with Crippen molar-refractivity contribution in [3.8, 4) is 5.75 Å². The lowest BCUT2D eigenvalue weighted by Crippen LogP contribution is -2.35. The maximum atomic E-state index is 12.7. The highest BCUT2D eigenvalue weighted by molar-refractivity contribution is 5.99. The van der Waals surface area contributed by atoms with Gasteiger partial charge in [-0.1, -0.05) is 0 Å². The first-order valence-electron chi connectivity index (χ1n) is 7.40. The second kappa shape index (κ2) is 5.35. The van der Waals surface area contributed by atoms with E-state index in [1.807, 2.05) is 4.90 Å². The molecule has 4 heteroatoms. The van der Waals surface area contributed by atoms with Crippen molar-refractivity contribution in [2.24, 2.45) is 11.8 Å². The number of rotatable bonds is 6. The maximum absolute atomic E-state index is 12.7. The van der Waals surface area contributed by atoms with Gasteiger partial charge < -0.3 is 15.4 Å². The minimum atomic E-state index is 0.0731. The Balaban J connectivity index is 1.76. The van der Waals surface area contributed by atoms with Crippen LogP contribution in [0.5, 0.6) is 5.75 Å². The van der Waals surface area contributed by atoms with Crippen LogP contribution in [0.4, 0.5) is 5.69 Å². The van der Waals surface area contributed by atoms with E-state index in [1.165, 1.54) is 25.7 Å². The molecule has 1 amide bonds. The molecule has 0 radical (unpaired) electrons. The average molecular weight is 274 g/mol. The standard InChI is InChI=1S/C16H22N2O2/c1-20-13-6-7-14(15(17)8-13)16(19)18(9-11-2-3-11)10-12-4-5-12/h6-8,11-12H,2-5,9-10,17H2,1H3. The zero-order chi connectivity index (χ0) is 14.1. The third-order valence-corrected chi connectivity index (χ3v) is 4.13. The van der Waals surface area contributed by atoms with Gasteiger partial charge in [0.15, 0.2) is 0 Å². The summed E-state index contributed by atoms with van der Waals surface area (Å²) in [5, 5.41) is 0. The molecule has 0 atom stereocenters. The molecule has 0 heterocycles. The van der Waals surface area contributed by atoms with Gasteiger partial charge in [-0.15, -0.1) is 0 Å². The molecular weight excluding hydrogens is 252 g/mol. The largest absolute Gasteiger partial charge is 0.497 e. The van der Waals surface area contributed by atoms with E-state index in [1.54, 1.807) is 25.3 Å². The van der Waals surface area contributed by atoms with Gasteiger partial charge in [-0.05, 0) is 49.7 Å². The van der Waals surface area contributed by atoms with E-state index in [-0.39, 0.29) is 5.91 Å². The Morgan fingerprint density at radius 1 is 1.25 bits per heavy atom. The number of carbonyl (C=O) groups excluding carboxylic acids is 1. The maximum Gasteiger partial charge on any atom is 0.255 e. The van der Waals surface area contributed by atoms with Crippen molar-refractivity contribution in [2.75, 3.05) is 25.9 Å². The number of nitrogens with zero attached hydrogens (tertiary/aromatic N) is 1. The van der Waals surface area contributed by atoms with E-state index in [9.17, 15) is 4.79 Å². The molecule has 1 aromatic rings. The highest BCUT2D eigenvalue weighted by Gasteiger charge is 2.32. The highest BCUT2D eigenvalue weighted by atomic mass is 16.5. The molecular formula is C16H22N2O2. The van der Waals surface area contributed by atoms with Gasteiger partial charge in [0.05, 0.1) is 12.7 Å². The van der Waals surface area contributed by atoms with Gasteiger partial charge in [-0.3, -0.25) is 4.79 Å². The van der Waals surface area contributed by atoms with Crippen LogP contribution in [0, 0.1) is 11.8 Å². The zero-order valence-corrected chi connectivity index (χ0v) is 12.0. The van der Waals surface area contributed by atoms with Gasteiger partial charge >= 0.3 is 0 Å². The summed E-state index contributed by atoms with van der Waals surface area (Å²) in [6.07, 6.45) is 5.03. The number of ether oxygens (including phenoxy) is 1. The molecule has 2 fully saturated rings. The first-order chi connectivity index (χ1) is 9.67. The van der Waals surface area contributed by atoms with E-state index in [0.717, 1.165) is 13.1 Å². The third-order valence-electron chi connectivity index (χ3n) is 4.13. The lowest BCUT2D eigenvalue weighted by atomic mass is 10.1. The summed E-state index contributed by atoms with van der Waals surface area (Å²) in [6.45, 7) is 1.78. The number of nitrogens with two attached hydrogens (primary N) is 1. The van der Waals surface area contributed by atoms with Crippen molar-refractivity contribution in [2.45, 2.75) is 25.7 Å². The highest BCUT2D eigenvalue weighted by Crippen LogP contribution is 2.34. The van der Waals surface area contributed by atoms with Crippen molar-refractivity contribution in [3.63, 3.8) is 0 Å². The Kier molecular flexibility index (Phi) is 3.55. The summed E-state index contributed by atoms with van der Waals surface area (Å²) in [5.41, 5.74) is 7.11. The second-order valence-corrected chi connectivity index (χ2v) is 6.05. The average Bonchev–Trinajstić information content (AvgIpc) is 3.32. The van der Waals surface area contributed by atoms with Crippen molar-refractivity contribution < 1.29 is 9.53 Å². The molecule has 2 N–H and O–H groups in total. The summed E-state index contributed by atoms with van der Waals surface area (Å²) in [5.74, 6) is 2.17. The fourth-order valence-corrected chi connectivity index (χ4v) is 2.50. The fraction of sp³-hybridized carbons (Fsp3) is 0.562. The topological polar surface area (TPSA) is 55.6 Å². The smallest absolute Gasteiger partial charge is 0.255 e. The Hall–Kier alpha value is -1.71. The Morgan fingerprint density at radius 3 is 2.30 bits per heavy atom. The molecule has 2 aliphatic carbocycles. The van der Waals surface area contributed by atoms with E-state index in [2.05, 4.69) is 0 Å². The van der Waals surface area contributed by atoms with Crippen LogP contribution in [0.3, 0.4) is 0 Å². The number of nitrogen functional groups attached to an aromatic ring is 1. The Morgan fingerprint density at radius 2 is 1.85 bits per heavy atom. The van der Waals surface area contributed by atoms with E-state index < -0.39 is 0 Å². The quantitative estimate of drug-likeness (QED) is 0.811. The molecule has 0 aliphatic heterocycles. The monoisotopic (exact) mass is 274 g/mol. The number of benzene rings is 1. The molecule has 3 rings (SSSR count). The van der Waals surface area contributed by atoms with Crippen LogP contribution in [0.2, 0.25) is 0 Å². The molecule has 1 aromatic carbocycles. The van der Waals surface area contributed by atoms with Crippen molar-refractivity contribution in [3.05, 3.63) is 23.8 Å². The van der Waals surface area contributed by atoms with Crippen molar-refractivity contribution in [1.29, 1.82) is 0 Å². The van der Waals surface area contributed by atoms with Crippen LogP contribution in [-0.2, 0) is 0 Å². The molecule has 0 bridgehead atoms. The second-order valence-electron chi connectivity index (χ2n) is 6.05. The summed E-state index contributed by atoms with van der Waals surface area (Å²) in [7, 11) is 1.60. The lowest BCUT2D eigenvalue weighted by molar-refractivity contribution is 0.0740. The molecule has 0 unspecified atom stereocenters. The minimum Gasteiger partial charge on any atom is -0.497 e. The van der Waals surface area contributed by atoms with Gasteiger partial charge in [-0.2, -0.15) is 0 Å². The first-order valence-corrected chi connectivity index (χ1v) is 7.40. The molecule has 20 heavy (non-hydrogen) atoms. The van der Waals surface area contributed by atoms with Gasteiger partial charge in [0.2, 0.25) is 0 Å². The number of carbonyl (C=O) groups is 1. The predicted octanol–water partition coefficient (Wildman–Crippen LogP) is 2.54. The third kappa shape index (κ3) is 3.06. The van der Waals surface area contributed by atoms with Gasteiger partial charge in [-0.25, -0.2) is 0 Å². The van der Waals surface area contributed by atoms with Gasteiger partial charge in [0, 0.05) is 24.8 Å². The zero-order valence-electron chi connectivity index (χ0n) is 12.0. The summed E-state index contributed by atoms with van der Waals surface area (Å²) >= 11 is 0. The van der Waals surface area contributed by atoms with Crippen LogP contribution in [0.15, 0.2) is 18.2 Å². The van der Waals surface area contributed by atoms with Crippen LogP contribution in [0.25, 0.3) is 0 Å². The van der Waals surface area contributed by atoms with E-state index in [4.69, 9.17) is 10.5 Å². The lowest BCUT2D eigenvalue weighted by Gasteiger charge is -2.23. The Bertz CT molecular complexity index is 493. The Labute approximate surface area is 119 Å². The van der Waals surface area contributed by atoms with Gasteiger partial charge in [0.1, 0.15) is 5.75 Å². The van der Waals surface area contributed by atoms with E-state index in [0.29, 0.717) is 28.8 Å². The number of hydrogen-bond donors (Lipinski definition) is 1. The van der Waals surface area contributed by atoms with Crippen LogP contribution in [0.1, 0.15) is 36.0 Å². The fourth-order valence-electron chi connectivity index (χ4n) is 2.50. The SMILES string of the molecule is COc1ccc(C(=O)N(CC2CC2)CC2CC2)c(N)c1. The molecule has 0 aromatic heterocycles. The van der Waals surface area contributed by atoms with E-state index >= 15 is 0 Å². The summed E-state index contributed by atoms with van der Waals surface area (Å²) in [6, 6.07) is 5.30. The number of amides is 1. The van der Waals surface area contributed by atoms with Crippen molar-refractivity contribution in [1.82, 2.24) is 4.90 Å². The number of hydrogen-bond acceptors (Lipinski definition) is 3. The van der Waals surface area contributed by atoms with Crippen LogP contribution >= 0.6 is 0 Å². The summed E-state index contributed by atoms with van der Waals surface area (Å²) < 4.78 is 5.13.